The maximum atomic E-state index is 12.5. The van der Waals surface area contributed by atoms with Gasteiger partial charge in [-0.2, -0.15) is 0 Å². The van der Waals surface area contributed by atoms with Crippen LogP contribution in [0.5, 0.6) is 0 Å². The summed E-state index contributed by atoms with van der Waals surface area (Å²) >= 11 is 0. The number of pyridine rings is 2. The number of aromatic nitrogens is 2. The summed E-state index contributed by atoms with van der Waals surface area (Å²) in [5.74, 6) is -0.910. The van der Waals surface area contributed by atoms with Gasteiger partial charge in [0, 0.05) is 48.9 Å². The van der Waals surface area contributed by atoms with Gasteiger partial charge in [-0.15, -0.1) is 0 Å². The van der Waals surface area contributed by atoms with Crippen molar-refractivity contribution in [3.05, 3.63) is 63.3 Å². The van der Waals surface area contributed by atoms with E-state index in [4.69, 9.17) is 5.73 Å². The number of rotatable bonds is 2. The van der Waals surface area contributed by atoms with E-state index in [9.17, 15) is 14.4 Å². The van der Waals surface area contributed by atoms with Crippen LogP contribution in [0.15, 0.2) is 35.5 Å². The molecule has 3 heterocycles. The number of primary amides is 1. The minimum Gasteiger partial charge on any atom is -0.366 e. The van der Waals surface area contributed by atoms with Gasteiger partial charge in [0.15, 0.2) is 5.43 Å². The Hall–Kier alpha value is -2.96. The highest BCUT2D eigenvalue weighted by Gasteiger charge is 2.24. The van der Waals surface area contributed by atoms with Crippen molar-refractivity contribution in [2.24, 2.45) is 5.73 Å². The zero-order valence-electron chi connectivity index (χ0n) is 11.7. The Balaban J connectivity index is 1.88. The molecule has 112 valence electrons. The first-order valence-corrected chi connectivity index (χ1v) is 6.80. The van der Waals surface area contributed by atoms with Crippen molar-refractivity contribution < 1.29 is 9.59 Å². The van der Waals surface area contributed by atoms with Gasteiger partial charge in [0.05, 0.1) is 17.7 Å². The number of nitrogens with zero attached hydrogens (tertiary/aromatic N) is 2. The molecule has 7 heteroatoms. The Kier molecular flexibility index (Phi) is 3.46. The predicted molar refractivity (Wildman–Crippen MR) is 78.3 cm³/mol. The topological polar surface area (TPSA) is 109 Å². The fourth-order valence-corrected chi connectivity index (χ4v) is 2.52. The summed E-state index contributed by atoms with van der Waals surface area (Å²) in [5, 5.41) is 0. The lowest BCUT2D eigenvalue weighted by molar-refractivity contribution is 0.0732. The zero-order valence-corrected chi connectivity index (χ0v) is 11.7. The van der Waals surface area contributed by atoms with Crippen LogP contribution in [0, 0.1) is 0 Å². The zero-order chi connectivity index (χ0) is 15.7. The van der Waals surface area contributed by atoms with E-state index in [1.54, 1.807) is 11.1 Å². The number of nitrogens with one attached hydrogen (secondary N) is 1. The van der Waals surface area contributed by atoms with Crippen LogP contribution in [-0.4, -0.2) is 33.2 Å². The normalized spacial score (nSPS) is 13.5. The minimum absolute atomic E-state index is 0.0877. The lowest BCUT2D eigenvalue weighted by Crippen LogP contribution is -2.38. The number of hydrogen-bond acceptors (Lipinski definition) is 4. The molecule has 0 bridgehead atoms. The van der Waals surface area contributed by atoms with Crippen LogP contribution >= 0.6 is 0 Å². The summed E-state index contributed by atoms with van der Waals surface area (Å²) in [6.07, 6.45) is 4.90. The van der Waals surface area contributed by atoms with E-state index in [2.05, 4.69) is 9.97 Å². The van der Waals surface area contributed by atoms with Gasteiger partial charge in [0.1, 0.15) is 0 Å². The summed E-state index contributed by atoms with van der Waals surface area (Å²) in [6, 6.07) is 2.87. The quantitative estimate of drug-likeness (QED) is 0.817. The standard InChI is InChI=1S/C15H14N4O3/c16-14(21)9-5-10(7-17-6-9)15(22)19-4-2-12-11(8-19)13(20)1-3-18-12/h1,3,5-7H,2,4,8H2,(H2,16,21)(H,18,20). The highest BCUT2D eigenvalue weighted by Crippen LogP contribution is 2.16. The third-order valence-corrected chi connectivity index (χ3v) is 3.69. The van der Waals surface area contributed by atoms with Gasteiger partial charge in [-0.25, -0.2) is 0 Å². The fraction of sp³-hybridized carbons (Fsp3) is 0.200. The van der Waals surface area contributed by atoms with Crippen molar-refractivity contribution in [1.82, 2.24) is 14.9 Å². The summed E-state index contributed by atoms with van der Waals surface area (Å²) in [6.45, 7) is 0.734. The lowest BCUT2D eigenvalue weighted by atomic mass is 10.0. The molecule has 0 saturated carbocycles. The van der Waals surface area contributed by atoms with Gasteiger partial charge >= 0.3 is 0 Å². The number of carbonyl (C=O) groups excluding carboxylic acids is 2. The van der Waals surface area contributed by atoms with E-state index in [0.29, 0.717) is 18.5 Å². The summed E-state index contributed by atoms with van der Waals surface area (Å²) in [7, 11) is 0. The molecule has 2 aromatic rings. The molecule has 22 heavy (non-hydrogen) atoms. The number of carbonyl (C=O) groups is 2. The van der Waals surface area contributed by atoms with E-state index in [0.717, 1.165) is 5.69 Å². The molecule has 0 aliphatic carbocycles. The molecule has 3 rings (SSSR count). The van der Waals surface area contributed by atoms with E-state index in [-0.39, 0.29) is 29.0 Å². The first-order valence-electron chi connectivity index (χ1n) is 6.80. The molecular formula is C15H14N4O3. The third-order valence-electron chi connectivity index (χ3n) is 3.69. The molecule has 0 fully saturated rings. The number of fused-ring (bicyclic) bond motifs is 1. The van der Waals surface area contributed by atoms with Gasteiger partial charge in [-0.3, -0.25) is 19.4 Å². The molecule has 2 amide bonds. The van der Waals surface area contributed by atoms with E-state index in [1.165, 1.54) is 24.5 Å². The molecule has 1 aliphatic heterocycles. The smallest absolute Gasteiger partial charge is 0.255 e. The highest BCUT2D eigenvalue weighted by atomic mass is 16.2. The van der Waals surface area contributed by atoms with Gasteiger partial charge in [0.2, 0.25) is 5.91 Å². The van der Waals surface area contributed by atoms with E-state index >= 15 is 0 Å². The number of hydrogen-bond donors (Lipinski definition) is 2. The monoisotopic (exact) mass is 298 g/mol. The van der Waals surface area contributed by atoms with Crippen LogP contribution in [0.3, 0.4) is 0 Å². The summed E-state index contributed by atoms with van der Waals surface area (Å²) in [5.41, 5.74) is 7.03. The van der Waals surface area contributed by atoms with Crippen molar-refractivity contribution in [1.29, 1.82) is 0 Å². The Morgan fingerprint density at radius 3 is 2.82 bits per heavy atom. The molecule has 0 unspecified atom stereocenters. The Morgan fingerprint density at radius 1 is 1.27 bits per heavy atom. The maximum Gasteiger partial charge on any atom is 0.255 e. The summed E-state index contributed by atoms with van der Waals surface area (Å²) in [4.78, 5) is 44.0. The third kappa shape index (κ3) is 2.48. The van der Waals surface area contributed by atoms with Crippen molar-refractivity contribution in [2.45, 2.75) is 13.0 Å². The molecule has 3 N–H and O–H groups in total. The van der Waals surface area contributed by atoms with Crippen LogP contribution in [-0.2, 0) is 13.0 Å². The molecule has 2 aromatic heterocycles. The maximum absolute atomic E-state index is 12.5. The second-order valence-electron chi connectivity index (χ2n) is 5.10. The predicted octanol–water partition coefficient (Wildman–Crippen LogP) is 0.0673. The molecule has 0 saturated heterocycles. The average molecular weight is 298 g/mol. The second-order valence-corrected chi connectivity index (χ2v) is 5.10. The number of amides is 2. The van der Waals surface area contributed by atoms with Crippen LogP contribution in [0.25, 0.3) is 0 Å². The van der Waals surface area contributed by atoms with E-state index in [1.807, 2.05) is 0 Å². The first kappa shape index (κ1) is 14.0. The average Bonchev–Trinajstić information content (AvgIpc) is 2.54. The van der Waals surface area contributed by atoms with Gasteiger partial charge in [-0.05, 0) is 6.07 Å². The number of nitrogens with two attached hydrogens (primary N) is 1. The van der Waals surface area contributed by atoms with Crippen LogP contribution in [0.4, 0.5) is 0 Å². The molecular weight excluding hydrogens is 284 g/mol. The molecule has 0 aromatic carbocycles. The first-order chi connectivity index (χ1) is 10.6. The van der Waals surface area contributed by atoms with Crippen molar-refractivity contribution >= 4 is 11.8 Å². The Bertz CT molecular complexity index is 812. The SMILES string of the molecule is NC(=O)c1cncc(C(=O)N2CCc3[nH]ccc(=O)c3C2)c1. The van der Waals surface area contributed by atoms with Crippen LogP contribution in [0.1, 0.15) is 32.0 Å². The number of aromatic amines is 1. The van der Waals surface area contributed by atoms with E-state index < -0.39 is 5.91 Å². The molecule has 1 aliphatic rings. The van der Waals surface area contributed by atoms with Gasteiger partial charge in [-0.1, -0.05) is 0 Å². The Labute approximate surface area is 125 Å². The lowest BCUT2D eigenvalue weighted by Gasteiger charge is -2.28. The van der Waals surface area contributed by atoms with Crippen molar-refractivity contribution in [3.63, 3.8) is 0 Å². The Morgan fingerprint density at radius 2 is 2.05 bits per heavy atom. The van der Waals surface area contributed by atoms with Gasteiger partial charge in [0.25, 0.3) is 5.91 Å². The summed E-state index contributed by atoms with van der Waals surface area (Å²) < 4.78 is 0. The highest BCUT2D eigenvalue weighted by molar-refractivity contribution is 5.98. The minimum atomic E-state index is -0.636. The number of H-pyrrole nitrogens is 1. The molecule has 0 atom stereocenters. The largest absolute Gasteiger partial charge is 0.366 e. The molecule has 7 nitrogen and oxygen atoms in total. The van der Waals surface area contributed by atoms with Crippen LogP contribution in [0.2, 0.25) is 0 Å². The van der Waals surface area contributed by atoms with Gasteiger partial charge < -0.3 is 15.6 Å². The second kappa shape index (κ2) is 5.44. The fourth-order valence-electron chi connectivity index (χ4n) is 2.52. The van der Waals surface area contributed by atoms with Crippen molar-refractivity contribution in [2.75, 3.05) is 6.54 Å². The molecule has 0 spiro atoms. The van der Waals surface area contributed by atoms with Crippen LogP contribution < -0.4 is 11.2 Å². The van der Waals surface area contributed by atoms with Crippen molar-refractivity contribution in [3.8, 4) is 0 Å². The molecule has 0 radical (unpaired) electrons.